The van der Waals surface area contributed by atoms with E-state index in [-0.39, 0.29) is 12.1 Å². The van der Waals surface area contributed by atoms with Crippen molar-refractivity contribution in [3.63, 3.8) is 0 Å². The van der Waals surface area contributed by atoms with Crippen molar-refractivity contribution in [2.45, 2.75) is 38.3 Å². The molecule has 2 aliphatic rings. The minimum absolute atomic E-state index is 0.0137. The zero-order valence-electron chi connectivity index (χ0n) is 13.6. The van der Waals surface area contributed by atoms with E-state index in [0.717, 1.165) is 41.9 Å². The van der Waals surface area contributed by atoms with Crippen LogP contribution in [0.3, 0.4) is 0 Å². The second kappa shape index (κ2) is 5.62. The van der Waals surface area contributed by atoms with E-state index in [9.17, 15) is 5.11 Å². The van der Waals surface area contributed by atoms with Crippen molar-refractivity contribution in [2.75, 3.05) is 30.8 Å². The highest BCUT2D eigenvalue weighted by molar-refractivity contribution is 5.94. The summed E-state index contributed by atoms with van der Waals surface area (Å²) in [5, 5.41) is 20.9. The molecule has 1 aliphatic carbocycles. The standard InChI is InChI=1S/C17H23N5O/c1-9-10-4-3-5-11(10)21-17-16(9)12(18-2)6-15(22-17)20-13-7-19-8-14(13)23/h6,13-14,19,23H,3-5,7-8H2,1-2H3,(H2,18,20,21,22). The fourth-order valence-corrected chi connectivity index (χ4v) is 3.79. The Morgan fingerprint density at radius 2 is 2.13 bits per heavy atom. The van der Waals surface area contributed by atoms with E-state index in [1.54, 1.807) is 0 Å². The Morgan fingerprint density at radius 1 is 1.26 bits per heavy atom. The Morgan fingerprint density at radius 3 is 2.87 bits per heavy atom. The molecule has 3 heterocycles. The summed E-state index contributed by atoms with van der Waals surface area (Å²) < 4.78 is 0. The maximum absolute atomic E-state index is 9.98. The van der Waals surface area contributed by atoms with Crippen molar-refractivity contribution in [3.05, 3.63) is 22.9 Å². The molecule has 0 spiro atoms. The van der Waals surface area contributed by atoms with Gasteiger partial charge in [0.25, 0.3) is 0 Å². The molecular formula is C17H23N5O. The van der Waals surface area contributed by atoms with Gasteiger partial charge in [-0.1, -0.05) is 0 Å². The molecule has 0 saturated carbocycles. The van der Waals surface area contributed by atoms with Gasteiger partial charge < -0.3 is 21.1 Å². The molecule has 122 valence electrons. The van der Waals surface area contributed by atoms with E-state index < -0.39 is 0 Å². The molecule has 6 heteroatoms. The lowest BCUT2D eigenvalue weighted by molar-refractivity contribution is 0.185. The molecule has 6 nitrogen and oxygen atoms in total. The van der Waals surface area contributed by atoms with Gasteiger partial charge in [0.15, 0.2) is 5.65 Å². The number of rotatable bonds is 3. The first-order valence-corrected chi connectivity index (χ1v) is 8.33. The molecule has 2 atom stereocenters. The molecule has 2 aromatic rings. The van der Waals surface area contributed by atoms with E-state index in [1.807, 2.05) is 13.1 Å². The van der Waals surface area contributed by atoms with Crippen molar-refractivity contribution in [2.24, 2.45) is 0 Å². The SMILES string of the molecule is CNc1cc(NC2CNCC2O)nc2nc3c(c(C)c12)CCC3. The van der Waals surface area contributed by atoms with Crippen molar-refractivity contribution in [3.8, 4) is 0 Å². The molecule has 1 aliphatic heterocycles. The van der Waals surface area contributed by atoms with Crippen molar-refractivity contribution >= 4 is 22.5 Å². The molecule has 4 rings (SSSR count). The van der Waals surface area contributed by atoms with Gasteiger partial charge in [-0.15, -0.1) is 0 Å². The molecule has 0 bridgehead atoms. The Labute approximate surface area is 135 Å². The summed E-state index contributed by atoms with van der Waals surface area (Å²) in [7, 11) is 1.93. The monoisotopic (exact) mass is 313 g/mol. The molecule has 23 heavy (non-hydrogen) atoms. The molecule has 0 aromatic carbocycles. The Hall–Kier alpha value is -1.92. The highest BCUT2D eigenvalue weighted by Crippen LogP contribution is 2.34. The number of nitrogens with one attached hydrogen (secondary N) is 3. The van der Waals surface area contributed by atoms with Crippen LogP contribution in [0.1, 0.15) is 23.2 Å². The summed E-state index contributed by atoms with van der Waals surface area (Å²) >= 11 is 0. The highest BCUT2D eigenvalue weighted by Gasteiger charge is 2.26. The maximum Gasteiger partial charge on any atom is 0.164 e. The van der Waals surface area contributed by atoms with Crippen molar-refractivity contribution in [1.82, 2.24) is 15.3 Å². The number of anilines is 2. The maximum atomic E-state index is 9.98. The first kappa shape index (κ1) is 14.7. The predicted octanol–water partition coefficient (Wildman–Crippen LogP) is 1.21. The Balaban J connectivity index is 1.80. The largest absolute Gasteiger partial charge is 0.390 e. The van der Waals surface area contributed by atoms with Crippen molar-refractivity contribution in [1.29, 1.82) is 0 Å². The van der Waals surface area contributed by atoms with E-state index >= 15 is 0 Å². The molecule has 1 fully saturated rings. The van der Waals surface area contributed by atoms with Crippen LogP contribution in [0.25, 0.3) is 11.0 Å². The number of nitrogens with zero attached hydrogens (tertiary/aromatic N) is 2. The lowest BCUT2D eigenvalue weighted by atomic mass is 10.0. The quantitative estimate of drug-likeness (QED) is 0.682. The fourth-order valence-electron chi connectivity index (χ4n) is 3.79. The molecule has 4 N–H and O–H groups in total. The van der Waals surface area contributed by atoms with E-state index in [1.165, 1.54) is 23.2 Å². The van der Waals surface area contributed by atoms with E-state index in [2.05, 4.69) is 22.9 Å². The molecule has 1 saturated heterocycles. The third-order valence-corrected chi connectivity index (χ3v) is 5.04. The number of hydrogen-bond acceptors (Lipinski definition) is 6. The van der Waals surface area contributed by atoms with Crippen LogP contribution in [-0.2, 0) is 12.8 Å². The lowest BCUT2D eigenvalue weighted by Gasteiger charge is -2.18. The smallest absolute Gasteiger partial charge is 0.164 e. The average molecular weight is 313 g/mol. The van der Waals surface area contributed by atoms with Gasteiger partial charge in [-0.05, 0) is 37.3 Å². The number of aliphatic hydroxyl groups excluding tert-OH is 1. The topological polar surface area (TPSA) is 82.1 Å². The van der Waals surface area contributed by atoms with Gasteiger partial charge >= 0.3 is 0 Å². The molecule has 0 amide bonds. The summed E-state index contributed by atoms with van der Waals surface area (Å²) in [6.45, 7) is 3.54. The molecule has 2 aromatic heterocycles. The number of hydrogen-bond donors (Lipinski definition) is 4. The second-order valence-corrected chi connectivity index (χ2v) is 6.50. The lowest BCUT2D eigenvalue weighted by Crippen LogP contribution is -2.32. The average Bonchev–Trinajstić information content (AvgIpc) is 3.16. The fraction of sp³-hybridized carbons (Fsp3) is 0.529. The molecular weight excluding hydrogens is 290 g/mol. The van der Waals surface area contributed by atoms with Crippen LogP contribution in [0.2, 0.25) is 0 Å². The van der Waals surface area contributed by atoms with Crippen LogP contribution in [0.4, 0.5) is 11.5 Å². The number of pyridine rings is 2. The van der Waals surface area contributed by atoms with Gasteiger partial charge in [0.1, 0.15) is 5.82 Å². The summed E-state index contributed by atoms with van der Waals surface area (Å²) in [6, 6.07) is 2.00. The van der Waals surface area contributed by atoms with E-state index in [4.69, 9.17) is 9.97 Å². The molecule has 2 unspecified atom stereocenters. The van der Waals surface area contributed by atoms with Gasteiger partial charge in [-0.25, -0.2) is 9.97 Å². The van der Waals surface area contributed by atoms with Crippen LogP contribution in [0, 0.1) is 6.92 Å². The Bertz CT molecular complexity index is 760. The van der Waals surface area contributed by atoms with Gasteiger partial charge in [-0.2, -0.15) is 0 Å². The van der Waals surface area contributed by atoms with E-state index in [0.29, 0.717) is 6.54 Å². The number of aliphatic hydroxyl groups is 1. The number of aryl methyl sites for hydroxylation is 2. The summed E-state index contributed by atoms with van der Waals surface area (Å²) in [5.41, 5.74) is 5.72. The third kappa shape index (κ3) is 2.42. The van der Waals surface area contributed by atoms with Gasteiger partial charge in [0, 0.05) is 43.0 Å². The number of aromatic nitrogens is 2. The predicted molar refractivity (Wildman–Crippen MR) is 92.1 cm³/mol. The highest BCUT2D eigenvalue weighted by atomic mass is 16.3. The van der Waals surface area contributed by atoms with Crippen LogP contribution in [0.15, 0.2) is 6.07 Å². The van der Waals surface area contributed by atoms with Gasteiger partial charge in [0.2, 0.25) is 0 Å². The normalized spacial score (nSPS) is 23.3. The zero-order chi connectivity index (χ0) is 16.0. The van der Waals surface area contributed by atoms with Gasteiger partial charge in [0.05, 0.1) is 12.1 Å². The Kier molecular flexibility index (Phi) is 3.58. The minimum Gasteiger partial charge on any atom is -0.390 e. The van der Waals surface area contributed by atoms with Crippen LogP contribution >= 0.6 is 0 Å². The first-order chi connectivity index (χ1) is 11.2. The van der Waals surface area contributed by atoms with Crippen LogP contribution in [-0.4, -0.2) is 47.4 Å². The molecule has 0 radical (unpaired) electrons. The number of β-amino-alcohol motifs (C(OH)–C–C–N with tert-alkyl or cyclic N) is 1. The van der Waals surface area contributed by atoms with Crippen LogP contribution < -0.4 is 16.0 Å². The first-order valence-electron chi connectivity index (χ1n) is 8.33. The third-order valence-electron chi connectivity index (χ3n) is 5.04. The zero-order valence-corrected chi connectivity index (χ0v) is 13.6. The summed E-state index contributed by atoms with van der Waals surface area (Å²) in [4.78, 5) is 9.53. The van der Waals surface area contributed by atoms with Crippen molar-refractivity contribution < 1.29 is 5.11 Å². The van der Waals surface area contributed by atoms with Crippen LogP contribution in [0.5, 0.6) is 0 Å². The minimum atomic E-state index is -0.389. The summed E-state index contributed by atoms with van der Waals surface area (Å²) in [6.07, 6.45) is 2.96. The number of fused-ring (bicyclic) bond motifs is 2. The second-order valence-electron chi connectivity index (χ2n) is 6.50. The summed E-state index contributed by atoms with van der Waals surface area (Å²) in [5.74, 6) is 0.763. The van der Waals surface area contributed by atoms with Gasteiger partial charge in [-0.3, -0.25) is 0 Å².